The Morgan fingerprint density at radius 3 is 2.52 bits per heavy atom. The second-order valence-corrected chi connectivity index (χ2v) is 7.62. The van der Waals surface area contributed by atoms with Crippen LogP contribution in [-0.2, 0) is 17.9 Å². The van der Waals surface area contributed by atoms with Crippen LogP contribution in [0.5, 0.6) is 5.75 Å². The number of hydrogen-bond donors (Lipinski definition) is 0. The van der Waals surface area contributed by atoms with Gasteiger partial charge in [0, 0.05) is 51.0 Å². The molecule has 0 radical (unpaired) electrons. The standard InChI is InChI=1S/C22H27N3O2/c1-27-20-5-2-17(3-6-20)15-25-21-10-13-24(14-18-8-11-23-12-9-18)16-19(21)4-7-22(25)26/h2-3,5-6,8-9,11-12,19,21H,4,7,10,13-16H2,1H3/t19-,21+/m1/s1. The Labute approximate surface area is 161 Å². The highest BCUT2D eigenvalue weighted by atomic mass is 16.5. The maximum absolute atomic E-state index is 12.6. The number of aromatic nitrogens is 1. The highest BCUT2D eigenvalue weighted by Gasteiger charge is 2.39. The predicted octanol–water partition coefficient (Wildman–Crippen LogP) is 3.10. The summed E-state index contributed by atoms with van der Waals surface area (Å²) in [6.45, 7) is 3.78. The molecule has 1 amide bonds. The smallest absolute Gasteiger partial charge is 0.223 e. The Balaban J connectivity index is 1.41. The van der Waals surface area contributed by atoms with Crippen molar-refractivity contribution in [3.05, 3.63) is 59.9 Å². The Kier molecular flexibility index (Phi) is 5.39. The Morgan fingerprint density at radius 2 is 1.78 bits per heavy atom. The lowest BCUT2D eigenvalue weighted by atomic mass is 9.83. The van der Waals surface area contributed by atoms with Gasteiger partial charge in [-0.2, -0.15) is 0 Å². The van der Waals surface area contributed by atoms with Crippen molar-refractivity contribution in [3.8, 4) is 5.75 Å². The molecule has 5 nitrogen and oxygen atoms in total. The summed E-state index contributed by atoms with van der Waals surface area (Å²) in [5.74, 6) is 1.72. The van der Waals surface area contributed by atoms with Crippen molar-refractivity contribution < 1.29 is 9.53 Å². The van der Waals surface area contributed by atoms with Gasteiger partial charge in [0.25, 0.3) is 0 Å². The fourth-order valence-electron chi connectivity index (χ4n) is 4.45. The van der Waals surface area contributed by atoms with Crippen molar-refractivity contribution in [1.29, 1.82) is 0 Å². The quantitative estimate of drug-likeness (QED) is 0.817. The lowest BCUT2D eigenvalue weighted by Crippen LogP contribution is -2.55. The normalized spacial score (nSPS) is 23.1. The SMILES string of the molecule is COc1ccc(CN2C(=O)CC[C@@H]3CN(Cc4ccncc4)CC[C@@H]32)cc1. The molecule has 2 aliphatic heterocycles. The molecule has 142 valence electrons. The number of likely N-dealkylation sites (tertiary alicyclic amines) is 2. The van der Waals surface area contributed by atoms with Crippen LogP contribution < -0.4 is 4.74 Å². The van der Waals surface area contributed by atoms with Gasteiger partial charge in [0.2, 0.25) is 5.91 Å². The molecule has 0 unspecified atom stereocenters. The van der Waals surface area contributed by atoms with Gasteiger partial charge >= 0.3 is 0 Å². The predicted molar refractivity (Wildman–Crippen MR) is 104 cm³/mol. The molecule has 0 N–H and O–H groups in total. The van der Waals surface area contributed by atoms with E-state index >= 15 is 0 Å². The number of fused-ring (bicyclic) bond motifs is 1. The second kappa shape index (κ2) is 8.09. The van der Waals surface area contributed by atoms with Crippen molar-refractivity contribution in [2.45, 2.75) is 38.4 Å². The van der Waals surface area contributed by atoms with Gasteiger partial charge in [-0.1, -0.05) is 12.1 Å². The van der Waals surface area contributed by atoms with Gasteiger partial charge in [-0.05, 0) is 54.2 Å². The third-order valence-electron chi connectivity index (χ3n) is 5.90. The highest BCUT2D eigenvalue weighted by Crippen LogP contribution is 2.33. The molecule has 0 aliphatic carbocycles. The summed E-state index contributed by atoms with van der Waals surface area (Å²) in [5.41, 5.74) is 2.48. The molecule has 5 heteroatoms. The van der Waals surface area contributed by atoms with E-state index in [9.17, 15) is 4.79 Å². The number of pyridine rings is 1. The zero-order chi connectivity index (χ0) is 18.6. The van der Waals surface area contributed by atoms with Gasteiger partial charge in [-0.25, -0.2) is 0 Å². The average molecular weight is 365 g/mol. The first-order valence-electron chi connectivity index (χ1n) is 9.76. The van der Waals surface area contributed by atoms with E-state index in [0.29, 0.717) is 30.8 Å². The Bertz CT molecular complexity index is 763. The van der Waals surface area contributed by atoms with E-state index in [4.69, 9.17) is 4.74 Å². The number of rotatable bonds is 5. The molecule has 2 saturated heterocycles. The van der Waals surface area contributed by atoms with Crippen LogP contribution in [0.3, 0.4) is 0 Å². The fourth-order valence-corrected chi connectivity index (χ4v) is 4.45. The molecular weight excluding hydrogens is 338 g/mol. The molecule has 0 spiro atoms. The van der Waals surface area contributed by atoms with Crippen LogP contribution >= 0.6 is 0 Å². The fraction of sp³-hybridized carbons (Fsp3) is 0.455. The summed E-state index contributed by atoms with van der Waals surface area (Å²) in [6, 6.07) is 12.6. The zero-order valence-electron chi connectivity index (χ0n) is 15.9. The topological polar surface area (TPSA) is 45.7 Å². The van der Waals surface area contributed by atoms with E-state index in [1.54, 1.807) is 7.11 Å². The van der Waals surface area contributed by atoms with E-state index in [0.717, 1.165) is 38.2 Å². The highest BCUT2D eigenvalue weighted by molar-refractivity contribution is 5.77. The third kappa shape index (κ3) is 4.14. The first kappa shape index (κ1) is 18.0. The molecule has 2 fully saturated rings. The minimum atomic E-state index is 0.301. The first-order valence-corrected chi connectivity index (χ1v) is 9.76. The van der Waals surface area contributed by atoms with Crippen LogP contribution in [0.2, 0.25) is 0 Å². The van der Waals surface area contributed by atoms with Crippen molar-refractivity contribution in [1.82, 2.24) is 14.8 Å². The number of amides is 1. The number of methoxy groups -OCH3 is 1. The summed E-state index contributed by atoms with van der Waals surface area (Å²) in [7, 11) is 1.67. The molecule has 3 heterocycles. The monoisotopic (exact) mass is 365 g/mol. The molecule has 1 aromatic heterocycles. The number of hydrogen-bond acceptors (Lipinski definition) is 4. The number of benzene rings is 1. The van der Waals surface area contributed by atoms with Crippen molar-refractivity contribution in [3.63, 3.8) is 0 Å². The molecule has 2 aliphatic rings. The van der Waals surface area contributed by atoms with Gasteiger partial charge in [0.1, 0.15) is 5.75 Å². The minimum Gasteiger partial charge on any atom is -0.497 e. The van der Waals surface area contributed by atoms with E-state index in [1.165, 1.54) is 11.1 Å². The molecule has 4 rings (SSSR count). The van der Waals surface area contributed by atoms with Crippen LogP contribution in [0.1, 0.15) is 30.4 Å². The number of piperidine rings is 2. The summed E-state index contributed by atoms with van der Waals surface area (Å²) in [5, 5.41) is 0. The summed E-state index contributed by atoms with van der Waals surface area (Å²) in [6.07, 6.45) is 6.45. The molecule has 2 aromatic rings. The second-order valence-electron chi connectivity index (χ2n) is 7.62. The van der Waals surface area contributed by atoms with Crippen LogP contribution in [0.15, 0.2) is 48.8 Å². The van der Waals surface area contributed by atoms with Gasteiger partial charge < -0.3 is 9.64 Å². The van der Waals surface area contributed by atoms with Gasteiger partial charge in [-0.3, -0.25) is 14.7 Å². The van der Waals surface area contributed by atoms with Crippen molar-refractivity contribution >= 4 is 5.91 Å². The van der Waals surface area contributed by atoms with Gasteiger partial charge in [0.15, 0.2) is 0 Å². The first-order chi connectivity index (χ1) is 13.2. The molecule has 2 atom stereocenters. The number of carbonyl (C=O) groups excluding carboxylic acids is 1. The molecule has 0 bridgehead atoms. The van der Waals surface area contributed by atoms with Crippen LogP contribution in [0.4, 0.5) is 0 Å². The van der Waals surface area contributed by atoms with E-state index in [1.807, 2.05) is 24.5 Å². The average Bonchev–Trinajstić information content (AvgIpc) is 2.71. The lowest BCUT2D eigenvalue weighted by Gasteiger charge is -2.47. The van der Waals surface area contributed by atoms with Crippen molar-refractivity contribution in [2.75, 3.05) is 20.2 Å². The lowest BCUT2D eigenvalue weighted by molar-refractivity contribution is -0.142. The van der Waals surface area contributed by atoms with E-state index in [-0.39, 0.29) is 0 Å². The summed E-state index contributed by atoms with van der Waals surface area (Å²) in [4.78, 5) is 21.4. The maximum atomic E-state index is 12.6. The largest absolute Gasteiger partial charge is 0.497 e. The molecule has 27 heavy (non-hydrogen) atoms. The van der Waals surface area contributed by atoms with Gasteiger partial charge in [-0.15, -0.1) is 0 Å². The van der Waals surface area contributed by atoms with E-state index in [2.05, 4.69) is 39.0 Å². The summed E-state index contributed by atoms with van der Waals surface area (Å²) < 4.78 is 5.24. The summed E-state index contributed by atoms with van der Waals surface area (Å²) >= 11 is 0. The Hall–Kier alpha value is -2.40. The van der Waals surface area contributed by atoms with Crippen molar-refractivity contribution in [2.24, 2.45) is 5.92 Å². The number of carbonyl (C=O) groups is 1. The third-order valence-corrected chi connectivity index (χ3v) is 5.90. The molecule has 0 saturated carbocycles. The molecular formula is C22H27N3O2. The zero-order valence-corrected chi connectivity index (χ0v) is 15.9. The van der Waals surface area contributed by atoms with E-state index < -0.39 is 0 Å². The minimum absolute atomic E-state index is 0.301. The van der Waals surface area contributed by atoms with Crippen LogP contribution in [0, 0.1) is 5.92 Å². The van der Waals surface area contributed by atoms with Gasteiger partial charge in [0.05, 0.1) is 7.11 Å². The maximum Gasteiger partial charge on any atom is 0.223 e. The van der Waals surface area contributed by atoms with Crippen LogP contribution in [0.25, 0.3) is 0 Å². The Morgan fingerprint density at radius 1 is 1.04 bits per heavy atom. The van der Waals surface area contributed by atoms with Crippen LogP contribution in [-0.4, -0.2) is 46.9 Å². The number of nitrogens with zero attached hydrogens (tertiary/aromatic N) is 3. The molecule has 1 aromatic carbocycles. The number of ether oxygens (including phenoxy) is 1.